The second-order valence-corrected chi connectivity index (χ2v) is 22.0. The van der Waals surface area contributed by atoms with Gasteiger partial charge in [-0.15, -0.1) is 0 Å². The van der Waals surface area contributed by atoms with E-state index < -0.39 is 0 Å². The molecule has 1 aliphatic heterocycles. The van der Waals surface area contributed by atoms with Crippen molar-refractivity contribution in [3.63, 3.8) is 0 Å². The first kappa shape index (κ1) is 40.2. The van der Waals surface area contributed by atoms with E-state index in [0.717, 1.165) is 12.8 Å². The van der Waals surface area contributed by atoms with Gasteiger partial charge in [0.2, 0.25) is 0 Å². The maximum atomic E-state index is 2.63. The first-order valence-electron chi connectivity index (χ1n) is 25.4. The average Bonchev–Trinajstić information content (AvgIpc) is 3.88. The molecule has 0 saturated heterocycles. The summed E-state index contributed by atoms with van der Waals surface area (Å²) in [7, 11) is 0. The van der Waals surface area contributed by atoms with E-state index in [4.69, 9.17) is 0 Å². The van der Waals surface area contributed by atoms with Crippen LogP contribution in [-0.4, -0.2) is 6.04 Å². The minimum atomic E-state index is -0.275. The van der Waals surface area contributed by atoms with Crippen LogP contribution in [0.4, 0.5) is 11.4 Å². The highest BCUT2D eigenvalue weighted by atomic mass is 15.2. The molecule has 0 saturated carbocycles. The lowest BCUT2D eigenvalue weighted by Crippen LogP contribution is -2.41. The van der Waals surface area contributed by atoms with Crippen LogP contribution in [0.2, 0.25) is 0 Å². The molecule has 0 amide bonds. The second kappa shape index (κ2) is 14.0. The fourth-order valence-electron chi connectivity index (χ4n) is 14.3. The van der Waals surface area contributed by atoms with Crippen LogP contribution in [0.15, 0.2) is 200 Å². The standard InChI is InChI=1S/C69H53N/c1-67(2)58-30-18-17-25-48(58)57-40-69(5)62-36-42(32-34-63(62)70(64(69)39-61(57)67)43-19-7-6-8-20-43)66-52-28-15-13-26-50(52)65(51-27-14-16-29-53(51)66)41-31-33-49-56-37-54-46-23-11-9-21-44(46)45-22-10-12-24-47(45)55(54)38-60(56)68(3,4)59(49)35-41/h6-9,11-21,23-40,64H,10,22H2,1-5H3. The maximum Gasteiger partial charge on any atom is 0.0658 e. The molecule has 1 nitrogen and oxygen atoms in total. The molecule has 2 unspecified atom stereocenters. The predicted molar refractivity (Wildman–Crippen MR) is 298 cm³/mol. The molecule has 0 aromatic heterocycles. The normalized spacial score (nSPS) is 19.6. The van der Waals surface area contributed by atoms with E-state index in [-0.39, 0.29) is 22.3 Å². The smallest absolute Gasteiger partial charge is 0.0658 e. The molecule has 10 aromatic carbocycles. The van der Waals surface area contributed by atoms with Crippen LogP contribution >= 0.6 is 0 Å². The van der Waals surface area contributed by atoms with Crippen LogP contribution < -0.4 is 4.90 Å². The lowest BCUT2D eigenvalue weighted by Gasteiger charge is -2.38. The Balaban J connectivity index is 0.916. The Morgan fingerprint density at radius 3 is 1.77 bits per heavy atom. The van der Waals surface area contributed by atoms with Gasteiger partial charge in [0.25, 0.3) is 0 Å². The van der Waals surface area contributed by atoms with Crippen molar-refractivity contribution in [2.75, 3.05) is 4.90 Å². The van der Waals surface area contributed by atoms with E-state index in [2.05, 4.69) is 240 Å². The van der Waals surface area contributed by atoms with Gasteiger partial charge in [0.05, 0.1) is 6.04 Å². The van der Waals surface area contributed by atoms with E-state index in [9.17, 15) is 0 Å². The summed E-state index contributed by atoms with van der Waals surface area (Å²) in [5, 5.41) is 10.6. The van der Waals surface area contributed by atoms with Gasteiger partial charge >= 0.3 is 0 Å². The number of benzene rings is 10. The Morgan fingerprint density at radius 1 is 0.457 bits per heavy atom. The number of hydrogen-bond donors (Lipinski definition) is 0. The van der Waals surface area contributed by atoms with Crippen molar-refractivity contribution >= 4 is 66.1 Å². The van der Waals surface area contributed by atoms with Crippen molar-refractivity contribution in [3.05, 3.63) is 239 Å². The summed E-state index contributed by atoms with van der Waals surface area (Å²) in [6.07, 6.45) is 12.2. The molecule has 2 atom stereocenters. The van der Waals surface area contributed by atoms with Crippen LogP contribution in [0.25, 0.3) is 88.1 Å². The highest BCUT2D eigenvalue weighted by Crippen LogP contribution is 2.61. The minimum absolute atomic E-state index is 0.0779. The van der Waals surface area contributed by atoms with E-state index in [1.54, 1.807) is 0 Å². The van der Waals surface area contributed by atoms with E-state index in [1.807, 2.05) is 0 Å². The Hall–Kier alpha value is -7.74. The molecule has 5 aliphatic rings. The van der Waals surface area contributed by atoms with E-state index in [0.29, 0.717) is 0 Å². The van der Waals surface area contributed by atoms with Crippen molar-refractivity contribution < 1.29 is 0 Å². The molecule has 10 aromatic rings. The van der Waals surface area contributed by atoms with Crippen molar-refractivity contribution in [1.82, 2.24) is 0 Å². The summed E-state index contributed by atoms with van der Waals surface area (Å²) in [4.78, 5) is 2.61. The number of nitrogens with zero attached hydrogens (tertiary/aromatic N) is 1. The molecule has 70 heavy (non-hydrogen) atoms. The number of aryl methyl sites for hydroxylation is 1. The van der Waals surface area contributed by atoms with Crippen LogP contribution in [0.1, 0.15) is 80.0 Å². The molecule has 0 fully saturated rings. The van der Waals surface area contributed by atoms with Crippen molar-refractivity contribution in [2.45, 2.75) is 69.7 Å². The molecular formula is C69H53N. The van der Waals surface area contributed by atoms with Gasteiger partial charge in [-0.25, -0.2) is 0 Å². The first-order chi connectivity index (χ1) is 34.1. The molecule has 1 heteroatoms. The van der Waals surface area contributed by atoms with Gasteiger partial charge < -0.3 is 4.90 Å². The number of allylic oxidation sites excluding steroid dienone is 3. The largest absolute Gasteiger partial charge is 0.333 e. The quantitative estimate of drug-likeness (QED) is 0.126. The molecular weight excluding hydrogens is 843 g/mol. The van der Waals surface area contributed by atoms with E-state index in [1.165, 1.54) is 138 Å². The lowest BCUT2D eigenvalue weighted by atomic mass is 9.69. The summed E-state index contributed by atoms with van der Waals surface area (Å²) < 4.78 is 0. The number of rotatable bonds is 3. The molecule has 0 radical (unpaired) electrons. The molecule has 334 valence electrons. The summed E-state index contributed by atoms with van der Waals surface area (Å²) in [5.74, 6) is 0. The predicted octanol–water partition coefficient (Wildman–Crippen LogP) is 18.0. The Kier molecular flexibility index (Phi) is 8.01. The number of fused-ring (bicyclic) bond motifs is 17. The summed E-state index contributed by atoms with van der Waals surface area (Å²) in [6, 6.07) is 67.5. The zero-order chi connectivity index (χ0) is 46.8. The molecule has 4 aliphatic carbocycles. The average molecular weight is 896 g/mol. The highest BCUT2D eigenvalue weighted by Gasteiger charge is 2.52. The van der Waals surface area contributed by atoms with Gasteiger partial charge in [0.1, 0.15) is 0 Å². The first-order valence-corrected chi connectivity index (χ1v) is 25.4. The fraction of sp³-hybridized carbons (Fsp3) is 0.159. The second-order valence-electron chi connectivity index (χ2n) is 22.0. The lowest BCUT2D eigenvalue weighted by molar-refractivity contribution is 0.539. The van der Waals surface area contributed by atoms with Gasteiger partial charge in [-0.05, 0) is 189 Å². The van der Waals surface area contributed by atoms with Gasteiger partial charge in [-0.1, -0.05) is 185 Å². The Labute approximate surface area is 410 Å². The SMILES string of the molecule is CC1(C)C2=CC3N(c4ccccc4)c4ccc(-c5c6ccccc6c(-c6ccc7c(c6)C(C)(C)c6cc8c9c(c%10ccccc%10c8cc6-7)CCC=C9)c6ccccc56)cc4C3(C)C=C2c2ccccc21. The van der Waals surface area contributed by atoms with Crippen molar-refractivity contribution in [1.29, 1.82) is 0 Å². The Bertz CT molecular complexity index is 4020. The maximum absolute atomic E-state index is 2.63. The third kappa shape index (κ3) is 5.17. The fourth-order valence-corrected chi connectivity index (χ4v) is 14.3. The number of anilines is 2. The zero-order valence-corrected chi connectivity index (χ0v) is 40.5. The number of hydrogen-bond acceptors (Lipinski definition) is 1. The summed E-state index contributed by atoms with van der Waals surface area (Å²) >= 11 is 0. The van der Waals surface area contributed by atoms with Crippen molar-refractivity contribution in [3.8, 4) is 33.4 Å². The van der Waals surface area contributed by atoms with Crippen LogP contribution in [0.3, 0.4) is 0 Å². The molecule has 0 N–H and O–H groups in total. The van der Waals surface area contributed by atoms with E-state index >= 15 is 0 Å². The Morgan fingerprint density at radius 2 is 1.06 bits per heavy atom. The third-order valence-corrected chi connectivity index (χ3v) is 17.7. The van der Waals surface area contributed by atoms with Gasteiger partial charge in [-0.3, -0.25) is 0 Å². The minimum Gasteiger partial charge on any atom is -0.333 e. The zero-order valence-electron chi connectivity index (χ0n) is 40.5. The van der Waals surface area contributed by atoms with Gasteiger partial charge in [0, 0.05) is 27.6 Å². The highest BCUT2D eigenvalue weighted by molar-refractivity contribution is 6.22. The summed E-state index contributed by atoms with van der Waals surface area (Å²) in [6.45, 7) is 12.2. The molecule has 1 heterocycles. The number of para-hydroxylation sites is 1. The van der Waals surface area contributed by atoms with Crippen LogP contribution in [-0.2, 0) is 22.7 Å². The van der Waals surface area contributed by atoms with Gasteiger partial charge in [0.15, 0.2) is 0 Å². The van der Waals surface area contributed by atoms with Crippen LogP contribution in [0.5, 0.6) is 0 Å². The summed E-state index contributed by atoms with van der Waals surface area (Å²) in [5.41, 5.74) is 22.6. The topological polar surface area (TPSA) is 3.24 Å². The molecule has 0 bridgehead atoms. The van der Waals surface area contributed by atoms with Gasteiger partial charge in [-0.2, -0.15) is 0 Å². The van der Waals surface area contributed by atoms with Crippen molar-refractivity contribution in [2.24, 2.45) is 0 Å². The molecule has 15 rings (SSSR count). The monoisotopic (exact) mass is 895 g/mol. The van der Waals surface area contributed by atoms with Crippen LogP contribution in [0, 0.1) is 0 Å². The molecule has 0 spiro atoms. The third-order valence-electron chi connectivity index (χ3n) is 17.7.